The Hall–Kier alpha value is -3.69. The molecule has 3 rings (SSSR count). The maximum absolute atomic E-state index is 12.9. The van der Waals surface area contributed by atoms with Crippen LogP contribution in [-0.4, -0.2) is 47.0 Å². The van der Waals surface area contributed by atoms with Crippen LogP contribution >= 0.6 is 0 Å². The van der Waals surface area contributed by atoms with Crippen LogP contribution in [0.5, 0.6) is 5.75 Å². The summed E-state index contributed by atoms with van der Waals surface area (Å²) < 4.78 is 5.28. The first kappa shape index (κ1) is 24.9. The van der Waals surface area contributed by atoms with Crippen LogP contribution < -0.4 is 15.4 Å². The molecule has 1 aromatic heterocycles. The van der Waals surface area contributed by atoms with E-state index >= 15 is 0 Å². The summed E-state index contributed by atoms with van der Waals surface area (Å²) >= 11 is 0. The van der Waals surface area contributed by atoms with Crippen LogP contribution in [0.2, 0.25) is 0 Å². The molecule has 0 spiro atoms. The number of rotatable bonds is 10. The van der Waals surface area contributed by atoms with Crippen molar-refractivity contribution in [3.05, 3.63) is 95.3 Å². The zero-order chi connectivity index (χ0) is 24.5. The van der Waals surface area contributed by atoms with Crippen molar-refractivity contribution in [1.82, 2.24) is 15.6 Å². The van der Waals surface area contributed by atoms with Crippen molar-refractivity contribution in [2.45, 2.75) is 31.7 Å². The van der Waals surface area contributed by atoms with Crippen LogP contribution in [0.3, 0.4) is 0 Å². The summed E-state index contributed by atoms with van der Waals surface area (Å²) in [6, 6.07) is 17.3. The van der Waals surface area contributed by atoms with E-state index in [0.717, 1.165) is 11.1 Å². The quantitative estimate of drug-likeness (QED) is 0.343. The second-order valence-electron chi connectivity index (χ2n) is 8.03. The normalized spacial score (nSPS) is 12.4. The lowest BCUT2D eigenvalue weighted by Gasteiger charge is -2.22. The highest BCUT2D eigenvalue weighted by atomic mass is 16.5. The Morgan fingerprint density at radius 3 is 2.53 bits per heavy atom. The molecule has 0 bridgehead atoms. The van der Waals surface area contributed by atoms with Gasteiger partial charge in [-0.15, -0.1) is 0 Å². The third-order valence-corrected chi connectivity index (χ3v) is 5.36. The number of nitrogens with one attached hydrogen (secondary N) is 2. The van der Waals surface area contributed by atoms with Gasteiger partial charge in [-0.05, 0) is 48.7 Å². The van der Waals surface area contributed by atoms with E-state index in [2.05, 4.69) is 15.6 Å². The second kappa shape index (κ2) is 12.0. The fraction of sp³-hybridized carbons (Fsp3) is 0.240. The van der Waals surface area contributed by atoms with E-state index in [1.807, 2.05) is 31.2 Å². The van der Waals surface area contributed by atoms with Gasteiger partial charge < -0.3 is 25.4 Å². The van der Waals surface area contributed by atoms with E-state index < -0.39 is 25.0 Å². The number of carbonyl (C=O) groups is 2. The summed E-state index contributed by atoms with van der Waals surface area (Å²) in [4.78, 5) is 29.7. The molecule has 0 fully saturated rings. The maximum atomic E-state index is 12.9. The van der Waals surface area contributed by atoms with E-state index in [0.29, 0.717) is 16.9 Å². The van der Waals surface area contributed by atoms with Gasteiger partial charge in [0.15, 0.2) is 0 Å². The molecule has 3 aromatic rings. The van der Waals surface area contributed by atoms with E-state index in [1.165, 1.54) is 13.3 Å². The largest absolute Gasteiger partial charge is 0.497 e. The average molecular weight is 461 g/mol. The molecule has 2 aromatic carbocycles. The van der Waals surface area contributed by atoms with Crippen LogP contribution in [0, 0.1) is 6.92 Å². The molecule has 1 heterocycles. The Bertz CT molecular complexity index is 1110. The monoisotopic (exact) mass is 461 g/mol. The minimum atomic E-state index is -1.75. The predicted molar refractivity (Wildman–Crippen MR) is 129 cm³/mol. The smallest absolute Gasteiger partial charge is 0.475 e. The lowest BCUT2D eigenvalue weighted by Crippen LogP contribution is -2.48. The Labute approximate surface area is 199 Å². The number of methoxy groups -OCH3 is 1. The number of hydrogen-bond acceptors (Lipinski definition) is 6. The van der Waals surface area contributed by atoms with Gasteiger partial charge in [-0.2, -0.15) is 0 Å². The molecule has 9 heteroatoms. The van der Waals surface area contributed by atoms with Crippen molar-refractivity contribution in [2.24, 2.45) is 0 Å². The molecule has 2 amide bonds. The molecule has 0 aliphatic rings. The van der Waals surface area contributed by atoms with Crippen LogP contribution in [0.25, 0.3) is 0 Å². The van der Waals surface area contributed by atoms with Gasteiger partial charge in [-0.25, -0.2) is 0 Å². The average Bonchev–Trinajstić information content (AvgIpc) is 2.83. The van der Waals surface area contributed by atoms with Gasteiger partial charge in [0.05, 0.1) is 31.1 Å². The van der Waals surface area contributed by atoms with Crippen molar-refractivity contribution < 1.29 is 24.4 Å². The highest BCUT2D eigenvalue weighted by Crippen LogP contribution is 2.22. The van der Waals surface area contributed by atoms with Crippen molar-refractivity contribution in [1.29, 1.82) is 0 Å². The summed E-state index contributed by atoms with van der Waals surface area (Å²) in [5, 5.41) is 25.3. The minimum Gasteiger partial charge on any atom is -0.497 e. The van der Waals surface area contributed by atoms with Gasteiger partial charge in [-0.3, -0.25) is 14.6 Å². The molecule has 0 radical (unpaired) electrons. The van der Waals surface area contributed by atoms with Gasteiger partial charge in [0.1, 0.15) is 5.75 Å². The number of aromatic nitrogens is 1. The predicted octanol–water partition coefficient (Wildman–Crippen LogP) is 2.00. The van der Waals surface area contributed by atoms with E-state index in [9.17, 15) is 19.6 Å². The third-order valence-electron chi connectivity index (χ3n) is 5.36. The summed E-state index contributed by atoms with van der Waals surface area (Å²) in [6.45, 7) is 1.94. The number of aryl methyl sites for hydroxylation is 1. The van der Waals surface area contributed by atoms with Crippen molar-refractivity contribution in [2.75, 3.05) is 7.11 Å². The lowest BCUT2D eigenvalue weighted by molar-refractivity contribution is -0.122. The lowest BCUT2D eigenvalue weighted by atomic mass is 9.75. The standard InChI is InChI=1S/C25H28BN3O5/c1-17-6-3-7-18(12-17)13-23(26(32)33)29-24(30)15-22(19-8-4-10-21(14-19)34-2)28-25(31)20-9-5-11-27-16-20/h3-12,14,16,22-23,32-33H,13,15H2,1-2H3,(H,28,31)(H,29,30)/t22?,23-/m0/s1. The number of nitrogens with zero attached hydrogens (tertiary/aromatic N) is 1. The summed E-state index contributed by atoms with van der Waals surface area (Å²) in [5.74, 6) is -1.15. The Balaban J connectivity index is 1.76. The molecule has 34 heavy (non-hydrogen) atoms. The Morgan fingerprint density at radius 2 is 1.85 bits per heavy atom. The molecule has 0 aliphatic carbocycles. The van der Waals surface area contributed by atoms with Crippen LogP contribution in [0.1, 0.15) is 39.5 Å². The topological polar surface area (TPSA) is 121 Å². The molecule has 0 aliphatic heterocycles. The molecule has 8 nitrogen and oxygen atoms in total. The van der Waals surface area contributed by atoms with Gasteiger partial charge in [0, 0.05) is 12.4 Å². The first-order chi connectivity index (χ1) is 16.4. The summed E-state index contributed by atoms with van der Waals surface area (Å²) in [7, 11) is -0.210. The van der Waals surface area contributed by atoms with Gasteiger partial charge in [0.2, 0.25) is 5.91 Å². The molecule has 1 unspecified atom stereocenters. The van der Waals surface area contributed by atoms with Crippen molar-refractivity contribution in [3.8, 4) is 5.75 Å². The molecule has 4 N–H and O–H groups in total. The summed E-state index contributed by atoms with van der Waals surface area (Å²) in [5.41, 5.74) is 2.93. The van der Waals surface area contributed by atoms with Gasteiger partial charge in [-0.1, -0.05) is 42.0 Å². The zero-order valence-corrected chi connectivity index (χ0v) is 19.1. The van der Waals surface area contributed by atoms with Gasteiger partial charge >= 0.3 is 7.12 Å². The minimum absolute atomic E-state index is 0.115. The molecule has 2 atom stereocenters. The molecular weight excluding hydrogens is 433 g/mol. The third kappa shape index (κ3) is 7.16. The van der Waals surface area contributed by atoms with E-state index in [-0.39, 0.29) is 18.7 Å². The number of carbonyl (C=O) groups excluding carboxylic acids is 2. The fourth-order valence-electron chi connectivity index (χ4n) is 3.62. The van der Waals surface area contributed by atoms with E-state index in [4.69, 9.17) is 4.74 Å². The number of pyridine rings is 1. The fourth-order valence-corrected chi connectivity index (χ4v) is 3.62. The second-order valence-corrected chi connectivity index (χ2v) is 8.03. The SMILES string of the molecule is COc1cccc(C(CC(=O)N[C@@H](Cc2cccc(C)c2)B(O)O)NC(=O)c2cccnc2)c1. The van der Waals surface area contributed by atoms with Crippen molar-refractivity contribution >= 4 is 18.9 Å². The molecular formula is C25H28BN3O5. The molecule has 176 valence electrons. The number of hydrogen-bond donors (Lipinski definition) is 4. The highest BCUT2D eigenvalue weighted by molar-refractivity contribution is 6.43. The Kier molecular flexibility index (Phi) is 8.78. The zero-order valence-electron chi connectivity index (χ0n) is 19.1. The van der Waals surface area contributed by atoms with Crippen LogP contribution in [0.4, 0.5) is 0 Å². The van der Waals surface area contributed by atoms with Crippen LogP contribution in [-0.2, 0) is 11.2 Å². The van der Waals surface area contributed by atoms with Crippen molar-refractivity contribution in [3.63, 3.8) is 0 Å². The summed E-state index contributed by atoms with van der Waals surface area (Å²) in [6.07, 6.45) is 3.14. The number of amides is 2. The van der Waals surface area contributed by atoms with Gasteiger partial charge in [0.25, 0.3) is 5.91 Å². The highest BCUT2D eigenvalue weighted by Gasteiger charge is 2.27. The maximum Gasteiger partial charge on any atom is 0.475 e. The molecule has 0 saturated carbocycles. The number of benzene rings is 2. The molecule has 0 saturated heterocycles. The number of ether oxygens (including phenoxy) is 1. The first-order valence-electron chi connectivity index (χ1n) is 10.9. The van der Waals surface area contributed by atoms with Crippen LogP contribution in [0.15, 0.2) is 73.1 Å². The first-order valence-corrected chi connectivity index (χ1v) is 10.9. The van der Waals surface area contributed by atoms with E-state index in [1.54, 1.807) is 42.6 Å². The Morgan fingerprint density at radius 1 is 1.06 bits per heavy atom.